The van der Waals surface area contributed by atoms with Crippen molar-refractivity contribution in [3.63, 3.8) is 0 Å². The smallest absolute Gasteiger partial charge is 0.253 e. The third-order valence-electron chi connectivity index (χ3n) is 2.36. The zero-order valence-electron chi connectivity index (χ0n) is 9.55. The molecule has 0 radical (unpaired) electrons. The highest BCUT2D eigenvalue weighted by molar-refractivity contribution is 9.10. The van der Waals surface area contributed by atoms with Crippen LogP contribution in [0.1, 0.15) is 28.3 Å². The normalized spacial score (nSPS) is 12.2. The molecule has 3 nitrogen and oxygen atoms in total. The van der Waals surface area contributed by atoms with E-state index in [9.17, 15) is 4.79 Å². The molecule has 1 aromatic carbocycles. The van der Waals surface area contributed by atoms with Crippen molar-refractivity contribution in [2.45, 2.75) is 17.9 Å². The third kappa shape index (κ3) is 3.13. The maximum Gasteiger partial charge on any atom is 0.253 e. The Morgan fingerprint density at radius 2 is 2.33 bits per heavy atom. The minimum atomic E-state index is -0.138. The molecule has 1 amide bonds. The molecule has 2 aromatic rings. The van der Waals surface area contributed by atoms with Gasteiger partial charge in [0.25, 0.3) is 5.91 Å². The molecule has 1 unspecified atom stereocenters. The Kier molecular flexibility index (Phi) is 4.42. The standard InChI is InChI=1S/C12H11BrN2OS2/c1-7(12-14-4-5-18-12)15-11(16)9-6-8(17)2-3-10(9)13/h2-7,17H,1H3,(H,15,16). The monoisotopic (exact) mass is 342 g/mol. The van der Waals surface area contributed by atoms with Crippen molar-refractivity contribution >= 4 is 45.8 Å². The van der Waals surface area contributed by atoms with Gasteiger partial charge in [-0.15, -0.1) is 24.0 Å². The maximum atomic E-state index is 12.1. The third-order valence-corrected chi connectivity index (χ3v) is 4.29. The summed E-state index contributed by atoms with van der Waals surface area (Å²) in [6.07, 6.45) is 1.73. The Bertz CT molecular complexity index is 557. The summed E-state index contributed by atoms with van der Waals surface area (Å²) in [6.45, 7) is 1.91. The number of nitrogens with one attached hydrogen (secondary N) is 1. The number of carbonyl (C=O) groups is 1. The van der Waals surface area contributed by atoms with Gasteiger partial charge >= 0.3 is 0 Å². The van der Waals surface area contributed by atoms with Gasteiger partial charge in [-0.05, 0) is 41.1 Å². The van der Waals surface area contributed by atoms with Crippen LogP contribution in [-0.2, 0) is 0 Å². The first-order chi connectivity index (χ1) is 8.58. The van der Waals surface area contributed by atoms with E-state index in [4.69, 9.17) is 0 Å². The quantitative estimate of drug-likeness (QED) is 0.835. The molecule has 1 N–H and O–H groups in total. The second-order valence-electron chi connectivity index (χ2n) is 3.73. The minimum Gasteiger partial charge on any atom is -0.343 e. The molecular formula is C12H11BrN2OS2. The van der Waals surface area contributed by atoms with E-state index in [1.807, 2.05) is 24.4 Å². The van der Waals surface area contributed by atoms with Crippen LogP contribution in [0.2, 0.25) is 0 Å². The topological polar surface area (TPSA) is 42.0 Å². The van der Waals surface area contributed by atoms with Gasteiger partial charge in [-0.2, -0.15) is 0 Å². The molecule has 0 aliphatic heterocycles. The summed E-state index contributed by atoms with van der Waals surface area (Å²) in [5.41, 5.74) is 0.575. The molecule has 0 aliphatic carbocycles. The number of carbonyl (C=O) groups excluding carboxylic acids is 1. The minimum absolute atomic E-state index is 0.104. The van der Waals surface area contributed by atoms with Crippen LogP contribution >= 0.6 is 39.9 Å². The highest BCUT2D eigenvalue weighted by Gasteiger charge is 2.15. The lowest BCUT2D eigenvalue weighted by molar-refractivity contribution is 0.0939. The largest absolute Gasteiger partial charge is 0.343 e. The average molecular weight is 343 g/mol. The zero-order chi connectivity index (χ0) is 13.1. The fraction of sp³-hybridized carbons (Fsp3) is 0.167. The van der Waals surface area contributed by atoms with Crippen LogP contribution in [0.3, 0.4) is 0 Å². The molecule has 0 saturated carbocycles. The SMILES string of the molecule is CC(NC(=O)c1cc(S)ccc1Br)c1nccs1. The maximum absolute atomic E-state index is 12.1. The van der Waals surface area contributed by atoms with Crippen LogP contribution in [0.5, 0.6) is 0 Å². The van der Waals surface area contributed by atoms with Gasteiger partial charge in [-0.25, -0.2) is 4.98 Å². The lowest BCUT2D eigenvalue weighted by Gasteiger charge is -2.12. The molecule has 1 atom stereocenters. The van der Waals surface area contributed by atoms with Crippen molar-refractivity contribution in [1.82, 2.24) is 10.3 Å². The van der Waals surface area contributed by atoms with Crippen LogP contribution in [0.4, 0.5) is 0 Å². The van der Waals surface area contributed by atoms with Crippen molar-refractivity contribution < 1.29 is 4.79 Å². The summed E-state index contributed by atoms with van der Waals surface area (Å²) in [7, 11) is 0. The number of nitrogens with zero attached hydrogens (tertiary/aromatic N) is 1. The van der Waals surface area contributed by atoms with E-state index in [1.165, 1.54) is 11.3 Å². The number of thiol groups is 1. The number of benzene rings is 1. The summed E-state index contributed by atoms with van der Waals surface area (Å²) < 4.78 is 0.754. The molecule has 1 heterocycles. The average Bonchev–Trinajstić information content (AvgIpc) is 2.85. The summed E-state index contributed by atoms with van der Waals surface area (Å²) in [5, 5.41) is 5.69. The number of aromatic nitrogens is 1. The van der Waals surface area contributed by atoms with Crippen LogP contribution in [0.25, 0.3) is 0 Å². The Balaban J connectivity index is 2.15. The first-order valence-corrected chi connectivity index (χ1v) is 7.38. The van der Waals surface area contributed by atoms with Gasteiger partial charge in [-0.1, -0.05) is 0 Å². The number of hydrogen-bond acceptors (Lipinski definition) is 4. The molecule has 6 heteroatoms. The van der Waals surface area contributed by atoms with Crippen LogP contribution < -0.4 is 5.32 Å². The van der Waals surface area contributed by atoms with Crippen molar-refractivity contribution in [3.05, 3.63) is 44.8 Å². The van der Waals surface area contributed by atoms with Gasteiger partial charge in [0.2, 0.25) is 0 Å². The number of thiazole rings is 1. The van der Waals surface area contributed by atoms with Gasteiger partial charge in [0.15, 0.2) is 0 Å². The van der Waals surface area contributed by atoms with Crippen molar-refractivity contribution in [3.8, 4) is 0 Å². The number of amides is 1. The Morgan fingerprint density at radius 3 is 3.00 bits per heavy atom. The summed E-state index contributed by atoms with van der Waals surface area (Å²) in [6, 6.07) is 5.27. The van der Waals surface area contributed by atoms with E-state index < -0.39 is 0 Å². The summed E-state index contributed by atoms with van der Waals surface area (Å²) >= 11 is 9.12. The van der Waals surface area contributed by atoms with Gasteiger partial charge in [0, 0.05) is 20.9 Å². The van der Waals surface area contributed by atoms with Crippen molar-refractivity contribution in [1.29, 1.82) is 0 Å². The van der Waals surface area contributed by atoms with Crippen molar-refractivity contribution in [2.75, 3.05) is 0 Å². The van der Waals surface area contributed by atoms with Crippen LogP contribution in [-0.4, -0.2) is 10.9 Å². The van der Waals surface area contributed by atoms with Gasteiger partial charge < -0.3 is 5.32 Å². The molecule has 0 aliphatic rings. The number of halogens is 1. The molecule has 1 aromatic heterocycles. The first kappa shape index (κ1) is 13.6. The summed E-state index contributed by atoms with van der Waals surface area (Å²) in [5.74, 6) is -0.138. The second-order valence-corrected chi connectivity index (χ2v) is 6.03. The summed E-state index contributed by atoms with van der Waals surface area (Å²) in [4.78, 5) is 17.1. The lowest BCUT2D eigenvalue weighted by atomic mass is 10.2. The molecule has 0 spiro atoms. The fourth-order valence-electron chi connectivity index (χ4n) is 1.47. The van der Waals surface area contributed by atoms with E-state index in [2.05, 4.69) is 38.9 Å². The highest BCUT2D eigenvalue weighted by Crippen LogP contribution is 2.22. The van der Waals surface area contributed by atoms with Gasteiger partial charge in [-0.3, -0.25) is 4.79 Å². The fourth-order valence-corrected chi connectivity index (χ4v) is 2.75. The molecule has 0 saturated heterocycles. The van der Waals surface area contributed by atoms with Gasteiger partial charge in [0.1, 0.15) is 5.01 Å². The zero-order valence-corrected chi connectivity index (χ0v) is 12.8. The van der Waals surface area contributed by atoms with E-state index in [-0.39, 0.29) is 11.9 Å². The Hall–Kier alpha value is -0.850. The Labute approximate surface area is 123 Å². The lowest BCUT2D eigenvalue weighted by Crippen LogP contribution is -2.26. The molecule has 2 rings (SSSR count). The van der Waals surface area contributed by atoms with E-state index in [1.54, 1.807) is 12.3 Å². The predicted molar refractivity (Wildman–Crippen MR) is 79.4 cm³/mol. The molecular weight excluding hydrogens is 332 g/mol. The van der Waals surface area contributed by atoms with Crippen molar-refractivity contribution in [2.24, 2.45) is 0 Å². The van der Waals surface area contributed by atoms with Crippen LogP contribution in [0.15, 0.2) is 39.1 Å². The van der Waals surface area contributed by atoms with Gasteiger partial charge in [0.05, 0.1) is 11.6 Å². The second kappa shape index (κ2) is 5.86. The molecule has 94 valence electrons. The molecule has 0 bridgehead atoms. The predicted octanol–water partition coefficient (Wildman–Crippen LogP) is 3.69. The first-order valence-electron chi connectivity index (χ1n) is 5.26. The van der Waals surface area contributed by atoms with Crippen LogP contribution in [0, 0.1) is 0 Å². The number of rotatable bonds is 3. The molecule has 0 fully saturated rings. The van der Waals surface area contributed by atoms with E-state index in [0.717, 1.165) is 14.4 Å². The van der Waals surface area contributed by atoms with E-state index in [0.29, 0.717) is 5.56 Å². The number of hydrogen-bond donors (Lipinski definition) is 2. The Morgan fingerprint density at radius 1 is 1.56 bits per heavy atom. The molecule has 18 heavy (non-hydrogen) atoms. The highest BCUT2D eigenvalue weighted by atomic mass is 79.9. The van der Waals surface area contributed by atoms with E-state index >= 15 is 0 Å².